The summed E-state index contributed by atoms with van der Waals surface area (Å²) in [5, 5.41) is 11.2. The van der Waals surface area contributed by atoms with Gasteiger partial charge in [-0.3, -0.25) is 9.59 Å². The van der Waals surface area contributed by atoms with E-state index >= 15 is 0 Å². The van der Waals surface area contributed by atoms with Crippen LogP contribution in [-0.4, -0.2) is 16.9 Å². The van der Waals surface area contributed by atoms with Crippen molar-refractivity contribution in [3.05, 3.63) is 0 Å². The monoisotopic (exact) mass is 468 g/mol. The van der Waals surface area contributed by atoms with E-state index in [1.165, 1.54) is 38.5 Å². The quantitative estimate of drug-likeness (QED) is 0.456. The van der Waals surface area contributed by atoms with E-state index in [1.54, 1.807) is 0 Å². The Kier molecular flexibility index (Phi) is 4.65. The van der Waals surface area contributed by atoms with Crippen LogP contribution < -0.4 is 0 Å². The van der Waals surface area contributed by atoms with E-state index in [2.05, 4.69) is 41.5 Å². The molecule has 6 fully saturated rings. The summed E-state index contributed by atoms with van der Waals surface area (Å²) in [7, 11) is 0. The Hall–Kier alpha value is -0.860. The molecule has 0 amide bonds. The fourth-order valence-electron chi connectivity index (χ4n) is 12.7. The zero-order valence-electron chi connectivity index (χ0n) is 22.6. The van der Waals surface area contributed by atoms with Gasteiger partial charge in [0.25, 0.3) is 0 Å². The molecule has 0 aromatic rings. The Labute approximate surface area is 207 Å². The topological polar surface area (TPSA) is 54.4 Å². The van der Waals surface area contributed by atoms with E-state index in [9.17, 15) is 14.7 Å². The summed E-state index contributed by atoms with van der Waals surface area (Å²) < 4.78 is 0. The first-order valence-corrected chi connectivity index (χ1v) is 14.6. The minimum Gasteiger partial charge on any atom is -0.481 e. The summed E-state index contributed by atoms with van der Waals surface area (Å²) in [4.78, 5) is 25.9. The Morgan fingerprint density at radius 3 is 2.18 bits per heavy atom. The molecule has 8 atom stereocenters. The third-order valence-electron chi connectivity index (χ3n) is 14.9. The van der Waals surface area contributed by atoms with Crippen LogP contribution in [0.5, 0.6) is 0 Å². The molecule has 0 spiro atoms. The van der Waals surface area contributed by atoms with Crippen molar-refractivity contribution >= 4 is 11.8 Å². The van der Waals surface area contributed by atoms with Gasteiger partial charge in [-0.2, -0.15) is 0 Å². The normalized spacial score (nSPS) is 52.1. The second-order valence-electron chi connectivity index (χ2n) is 15.3. The van der Waals surface area contributed by atoms with Gasteiger partial charge in [-0.1, -0.05) is 48.0 Å². The van der Waals surface area contributed by atoms with Gasteiger partial charge in [0, 0.05) is 12.8 Å². The Bertz CT molecular complexity index is 927. The molecule has 6 saturated carbocycles. The largest absolute Gasteiger partial charge is 0.481 e. The van der Waals surface area contributed by atoms with Crippen LogP contribution in [0.25, 0.3) is 0 Å². The van der Waals surface area contributed by atoms with Crippen molar-refractivity contribution in [1.82, 2.24) is 0 Å². The lowest BCUT2D eigenvalue weighted by Crippen LogP contribution is -2.76. The van der Waals surface area contributed by atoms with Crippen LogP contribution in [0.4, 0.5) is 0 Å². The summed E-state index contributed by atoms with van der Waals surface area (Å²) in [6.45, 7) is 14.8. The molecule has 6 aliphatic carbocycles. The Balaban J connectivity index is 1.54. The molecule has 0 radical (unpaired) electrons. The molecule has 0 aromatic heterocycles. The Morgan fingerprint density at radius 2 is 1.53 bits per heavy atom. The average molecular weight is 469 g/mol. The van der Waals surface area contributed by atoms with Crippen LogP contribution in [0.2, 0.25) is 0 Å². The van der Waals surface area contributed by atoms with E-state index in [0.717, 1.165) is 50.4 Å². The lowest BCUT2D eigenvalue weighted by molar-refractivity contribution is -0.316. The lowest BCUT2D eigenvalue weighted by Gasteiger charge is -2.78. The second-order valence-corrected chi connectivity index (χ2v) is 15.3. The highest BCUT2D eigenvalue weighted by atomic mass is 16.4. The molecular weight excluding hydrogens is 420 g/mol. The smallest absolute Gasteiger partial charge is 0.310 e. The van der Waals surface area contributed by atoms with Gasteiger partial charge < -0.3 is 5.11 Å². The molecule has 8 unspecified atom stereocenters. The van der Waals surface area contributed by atoms with Gasteiger partial charge in [0.05, 0.1) is 5.41 Å². The van der Waals surface area contributed by atoms with Gasteiger partial charge in [-0.25, -0.2) is 0 Å². The van der Waals surface area contributed by atoms with Gasteiger partial charge in [0.15, 0.2) is 0 Å². The summed E-state index contributed by atoms with van der Waals surface area (Å²) >= 11 is 0. The molecule has 3 heteroatoms. The third kappa shape index (κ3) is 2.25. The highest BCUT2D eigenvalue weighted by Gasteiger charge is 2.85. The number of rotatable bonds is 2. The molecule has 6 rings (SSSR count). The number of carboxylic acid groups (broad SMARTS) is 1. The van der Waals surface area contributed by atoms with Gasteiger partial charge in [-0.15, -0.1) is 0 Å². The van der Waals surface area contributed by atoms with E-state index < -0.39 is 11.4 Å². The number of carbonyl (C=O) groups is 2. The number of Topliss-reactive ketones (excluding diaryl/α,β-unsaturated/α-hetero) is 1. The highest BCUT2D eigenvalue weighted by Crippen LogP contribution is 2.88. The van der Waals surface area contributed by atoms with Gasteiger partial charge in [0.1, 0.15) is 5.78 Å². The van der Waals surface area contributed by atoms with Gasteiger partial charge >= 0.3 is 5.97 Å². The molecule has 3 nitrogen and oxygen atoms in total. The first kappa shape index (κ1) is 23.5. The van der Waals surface area contributed by atoms with Crippen LogP contribution in [0.15, 0.2) is 0 Å². The summed E-state index contributed by atoms with van der Waals surface area (Å²) in [5.74, 6) is 3.23. The SMILES string of the molecule is CC1(C23CCCC2(C(=O)O)C(C)(C)C(C)(C)C2(C)C4CCC5CC(=O)CCC5C4CCC23)CC1. The molecule has 0 aliphatic heterocycles. The summed E-state index contributed by atoms with van der Waals surface area (Å²) in [6, 6.07) is 0. The molecule has 0 heterocycles. The fraction of sp³-hybridized carbons (Fsp3) is 0.935. The number of ketones is 1. The van der Waals surface area contributed by atoms with E-state index in [1.807, 2.05) is 0 Å². The zero-order chi connectivity index (χ0) is 24.5. The molecule has 0 bridgehead atoms. The van der Waals surface area contributed by atoms with Crippen molar-refractivity contribution < 1.29 is 14.7 Å². The maximum absolute atomic E-state index is 13.6. The predicted molar refractivity (Wildman–Crippen MR) is 134 cm³/mol. The van der Waals surface area contributed by atoms with Crippen molar-refractivity contribution in [2.45, 2.75) is 119 Å². The second kappa shape index (κ2) is 6.71. The minimum absolute atomic E-state index is 0.0667. The van der Waals surface area contributed by atoms with Crippen LogP contribution in [0.3, 0.4) is 0 Å². The Morgan fingerprint density at radius 1 is 0.824 bits per heavy atom. The fourth-order valence-corrected chi connectivity index (χ4v) is 12.7. The van der Waals surface area contributed by atoms with Crippen molar-refractivity contribution in [1.29, 1.82) is 0 Å². The number of carboxylic acids is 1. The predicted octanol–water partition coefficient (Wildman–Crippen LogP) is 7.52. The van der Waals surface area contributed by atoms with Gasteiger partial charge in [0.2, 0.25) is 0 Å². The van der Waals surface area contributed by atoms with Crippen LogP contribution >= 0.6 is 0 Å². The maximum Gasteiger partial charge on any atom is 0.310 e. The molecular formula is C31H48O3. The molecule has 34 heavy (non-hydrogen) atoms. The van der Waals surface area contributed by atoms with E-state index in [4.69, 9.17) is 0 Å². The number of aliphatic carboxylic acids is 1. The van der Waals surface area contributed by atoms with Crippen LogP contribution in [0, 0.1) is 62.1 Å². The zero-order valence-corrected chi connectivity index (χ0v) is 22.6. The first-order valence-electron chi connectivity index (χ1n) is 14.6. The van der Waals surface area contributed by atoms with E-state index in [-0.39, 0.29) is 27.1 Å². The van der Waals surface area contributed by atoms with Gasteiger partial charge in [-0.05, 0) is 114 Å². The van der Waals surface area contributed by atoms with Crippen LogP contribution in [0.1, 0.15) is 119 Å². The maximum atomic E-state index is 13.6. The number of carbonyl (C=O) groups excluding carboxylic acids is 1. The minimum atomic E-state index is -0.625. The number of hydrogen-bond donors (Lipinski definition) is 1. The standard InChI is InChI=1S/C31H48O3/c1-26(2)27(3,4)31(25(33)34)15-7-14-30(31,28(5)16-17-28)24-13-11-22-21-10-9-20(32)18-19(21)8-12-23(22)29(24,26)6/h19,21-24H,7-18H2,1-6H3,(H,33,34). The molecule has 0 saturated heterocycles. The molecule has 190 valence electrons. The van der Waals surface area contributed by atoms with Crippen molar-refractivity contribution in [3.63, 3.8) is 0 Å². The molecule has 0 aromatic carbocycles. The van der Waals surface area contributed by atoms with Crippen LogP contribution in [-0.2, 0) is 9.59 Å². The third-order valence-corrected chi connectivity index (χ3v) is 14.9. The van der Waals surface area contributed by atoms with Crippen molar-refractivity contribution in [2.75, 3.05) is 0 Å². The average Bonchev–Trinajstić information content (AvgIpc) is 3.37. The molecule has 6 aliphatic rings. The van der Waals surface area contributed by atoms with E-state index in [0.29, 0.717) is 23.5 Å². The molecule has 1 N–H and O–H groups in total. The summed E-state index contributed by atoms with van der Waals surface area (Å²) in [5.41, 5.74) is -0.725. The highest BCUT2D eigenvalue weighted by molar-refractivity contribution is 5.80. The van der Waals surface area contributed by atoms with Crippen molar-refractivity contribution in [3.8, 4) is 0 Å². The number of fused-ring (bicyclic) bond motifs is 7. The first-order chi connectivity index (χ1) is 15.8. The number of hydrogen-bond acceptors (Lipinski definition) is 2. The van der Waals surface area contributed by atoms with Crippen molar-refractivity contribution in [2.24, 2.45) is 62.1 Å². The summed E-state index contributed by atoms with van der Waals surface area (Å²) in [6.07, 6.45) is 13.2. The lowest BCUT2D eigenvalue weighted by atomic mass is 9.24.